The summed E-state index contributed by atoms with van der Waals surface area (Å²) in [6.45, 7) is 4.78. The Kier molecular flexibility index (Phi) is 3.72. The van der Waals surface area contributed by atoms with Gasteiger partial charge in [-0.2, -0.15) is 0 Å². The molecule has 1 aromatic carbocycles. The van der Waals surface area contributed by atoms with E-state index in [0.29, 0.717) is 11.5 Å². The van der Waals surface area contributed by atoms with Crippen molar-refractivity contribution in [1.29, 1.82) is 0 Å². The molecule has 2 rings (SSSR count). The molecule has 1 aromatic rings. The van der Waals surface area contributed by atoms with Gasteiger partial charge in [-0.05, 0) is 24.3 Å². The highest BCUT2D eigenvalue weighted by Gasteiger charge is 2.32. The summed E-state index contributed by atoms with van der Waals surface area (Å²) < 4.78 is 0. The number of rotatable bonds is 3. The van der Waals surface area contributed by atoms with Gasteiger partial charge in [0.05, 0.1) is 6.61 Å². The standard InChI is InChI=1S/C15H23NO/c1-15(2)10-6-5-9-14(15)16-13-8-4-3-7-12(13)11-17/h3-4,7-8,14,16-17H,5-6,9-11H2,1-2H3. The van der Waals surface area contributed by atoms with E-state index in [2.05, 4.69) is 25.2 Å². The first kappa shape index (κ1) is 12.4. The van der Waals surface area contributed by atoms with Crippen molar-refractivity contribution in [3.8, 4) is 0 Å². The van der Waals surface area contributed by atoms with Crippen LogP contribution in [0, 0.1) is 5.41 Å². The third kappa shape index (κ3) is 2.81. The van der Waals surface area contributed by atoms with Gasteiger partial charge in [0, 0.05) is 17.3 Å². The maximum Gasteiger partial charge on any atom is 0.0701 e. The highest BCUT2D eigenvalue weighted by Crippen LogP contribution is 2.37. The van der Waals surface area contributed by atoms with Gasteiger partial charge in [0.1, 0.15) is 0 Å². The number of para-hydroxylation sites is 1. The Labute approximate surface area is 104 Å². The van der Waals surface area contributed by atoms with Gasteiger partial charge in [-0.1, -0.05) is 44.9 Å². The summed E-state index contributed by atoms with van der Waals surface area (Å²) in [5, 5.41) is 13.0. The second-order valence-electron chi connectivity index (χ2n) is 5.75. The smallest absolute Gasteiger partial charge is 0.0701 e. The SMILES string of the molecule is CC1(C)CCCCC1Nc1ccccc1CO. The minimum Gasteiger partial charge on any atom is -0.392 e. The molecule has 17 heavy (non-hydrogen) atoms. The zero-order valence-corrected chi connectivity index (χ0v) is 10.9. The van der Waals surface area contributed by atoms with E-state index in [1.54, 1.807) is 0 Å². The Morgan fingerprint density at radius 1 is 1.29 bits per heavy atom. The van der Waals surface area contributed by atoms with Crippen molar-refractivity contribution in [2.75, 3.05) is 5.32 Å². The van der Waals surface area contributed by atoms with E-state index in [9.17, 15) is 5.11 Å². The van der Waals surface area contributed by atoms with Gasteiger partial charge in [0.15, 0.2) is 0 Å². The summed E-state index contributed by atoms with van der Waals surface area (Å²) in [4.78, 5) is 0. The van der Waals surface area contributed by atoms with Crippen LogP contribution in [0.3, 0.4) is 0 Å². The molecule has 2 heteroatoms. The molecule has 94 valence electrons. The Balaban J connectivity index is 2.14. The summed E-state index contributed by atoms with van der Waals surface area (Å²) in [7, 11) is 0. The Morgan fingerprint density at radius 2 is 2.06 bits per heavy atom. The third-order valence-electron chi connectivity index (χ3n) is 4.02. The minimum absolute atomic E-state index is 0.107. The lowest BCUT2D eigenvalue weighted by Gasteiger charge is -2.40. The van der Waals surface area contributed by atoms with E-state index in [4.69, 9.17) is 0 Å². The molecule has 0 amide bonds. The van der Waals surface area contributed by atoms with Crippen LogP contribution in [0.25, 0.3) is 0 Å². The fraction of sp³-hybridized carbons (Fsp3) is 0.600. The van der Waals surface area contributed by atoms with Crippen molar-refractivity contribution in [1.82, 2.24) is 0 Å². The number of benzene rings is 1. The van der Waals surface area contributed by atoms with Crippen LogP contribution in [0.5, 0.6) is 0 Å². The average Bonchev–Trinajstić information content (AvgIpc) is 2.32. The zero-order valence-electron chi connectivity index (χ0n) is 10.9. The van der Waals surface area contributed by atoms with Gasteiger partial charge in [-0.25, -0.2) is 0 Å². The van der Waals surface area contributed by atoms with E-state index >= 15 is 0 Å². The van der Waals surface area contributed by atoms with Crippen molar-refractivity contribution in [3.05, 3.63) is 29.8 Å². The summed E-state index contributed by atoms with van der Waals surface area (Å²) in [6, 6.07) is 8.57. The molecule has 0 aliphatic heterocycles. The van der Waals surface area contributed by atoms with Gasteiger partial charge < -0.3 is 10.4 Å². The number of nitrogens with one attached hydrogen (secondary N) is 1. The molecule has 1 fully saturated rings. The first-order valence-electron chi connectivity index (χ1n) is 6.59. The molecule has 2 nitrogen and oxygen atoms in total. The second kappa shape index (κ2) is 5.09. The predicted molar refractivity (Wildman–Crippen MR) is 72.0 cm³/mol. The molecule has 0 spiro atoms. The minimum atomic E-state index is 0.107. The number of aliphatic hydroxyl groups excluding tert-OH is 1. The van der Waals surface area contributed by atoms with Gasteiger partial charge in [0.2, 0.25) is 0 Å². The van der Waals surface area contributed by atoms with Crippen molar-refractivity contribution in [2.24, 2.45) is 5.41 Å². The quantitative estimate of drug-likeness (QED) is 0.836. The molecule has 2 N–H and O–H groups in total. The normalized spacial score (nSPS) is 23.4. The second-order valence-corrected chi connectivity index (χ2v) is 5.75. The van der Waals surface area contributed by atoms with E-state index < -0.39 is 0 Å². The van der Waals surface area contributed by atoms with E-state index in [-0.39, 0.29) is 6.61 Å². The van der Waals surface area contributed by atoms with Crippen molar-refractivity contribution in [3.63, 3.8) is 0 Å². The number of hydrogen-bond donors (Lipinski definition) is 2. The van der Waals surface area contributed by atoms with Crippen molar-refractivity contribution in [2.45, 2.75) is 52.2 Å². The summed E-state index contributed by atoms with van der Waals surface area (Å²) >= 11 is 0. The lowest BCUT2D eigenvalue weighted by molar-refractivity contribution is 0.216. The maximum absolute atomic E-state index is 9.34. The maximum atomic E-state index is 9.34. The van der Waals surface area contributed by atoms with Gasteiger partial charge in [0.25, 0.3) is 0 Å². The molecule has 0 radical (unpaired) electrons. The monoisotopic (exact) mass is 233 g/mol. The predicted octanol–water partition coefficient (Wildman–Crippen LogP) is 3.56. The number of aliphatic hydroxyl groups is 1. The summed E-state index contributed by atoms with van der Waals surface area (Å²) in [6.07, 6.45) is 5.16. The van der Waals surface area contributed by atoms with Crippen LogP contribution >= 0.6 is 0 Å². The first-order valence-corrected chi connectivity index (χ1v) is 6.59. The first-order chi connectivity index (χ1) is 8.13. The van der Waals surface area contributed by atoms with Crippen LogP contribution in [0.15, 0.2) is 24.3 Å². The van der Waals surface area contributed by atoms with Crippen LogP contribution in [0.2, 0.25) is 0 Å². The van der Waals surface area contributed by atoms with Gasteiger partial charge in [-0.15, -0.1) is 0 Å². The molecule has 0 aromatic heterocycles. The zero-order chi connectivity index (χ0) is 12.3. The fourth-order valence-electron chi connectivity index (χ4n) is 2.75. The molecule has 1 atom stereocenters. The summed E-state index contributed by atoms with van der Waals surface area (Å²) in [5.41, 5.74) is 2.43. The van der Waals surface area contributed by atoms with Gasteiger partial charge in [-0.3, -0.25) is 0 Å². The molecular weight excluding hydrogens is 210 g/mol. The molecule has 1 unspecified atom stereocenters. The largest absolute Gasteiger partial charge is 0.392 e. The summed E-state index contributed by atoms with van der Waals surface area (Å²) in [5.74, 6) is 0. The lowest BCUT2D eigenvalue weighted by atomic mass is 9.73. The van der Waals surface area contributed by atoms with E-state index in [0.717, 1.165) is 11.3 Å². The fourth-order valence-corrected chi connectivity index (χ4v) is 2.75. The van der Waals surface area contributed by atoms with Crippen molar-refractivity contribution < 1.29 is 5.11 Å². The van der Waals surface area contributed by atoms with Gasteiger partial charge >= 0.3 is 0 Å². The average molecular weight is 233 g/mol. The van der Waals surface area contributed by atoms with E-state index in [1.165, 1.54) is 25.7 Å². The Morgan fingerprint density at radius 3 is 2.76 bits per heavy atom. The molecule has 0 bridgehead atoms. The molecule has 0 saturated heterocycles. The molecule has 1 aliphatic rings. The van der Waals surface area contributed by atoms with Crippen LogP contribution in [0.1, 0.15) is 45.1 Å². The van der Waals surface area contributed by atoms with E-state index in [1.807, 2.05) is 18.2 Å². The topological polar surface area (TPSA) is 32.3 Å². The molecule has 0 heterocycles. The Hall–Kier alpha value is -1.02. The Bertz CT molecular complexity index is 373. The highest BCUT2D eigenvalue weighted by molar-refractivity contribution is 5.51. The van der Waals surface area contributed by atoms with Crippen LogP contribution in [0.4, 0.5) is 5.69 Å². The number of anilines is 1. The van der Waals surface area contributed by atoms with Crippen LogP contribution in [-0.4, -0.2) is 11.1 Å². The van der Waals surface area contributed by atoms with Crippen LogP contribution < -0.4 is 5.32 Å². The highest BCUT2D eigenvalue weighted by atomic mass is 16.3. The molecule has 1 saturated carbocycles. The van der Waals surface area contributed by atoms with Crippen molar-refractivity contribution >= 4 is 5.69 Å². The van der Waals surface area contributed by atoms with Crippen LogP contribution in [-0.2, 0) is 6.61 Å². The lowest BCUT2D eigenvalue weighted by Crippen LogP contribution is -2.39. The molecule has 1 aliphatic carbocycles. The third-order valence-corrected chi connectivity index (χ3v) is 4.02. The molecular formula is C15H23NO. The number of hydrogen-bond acceptors (Lipinski definition) is 2.